The van der Waals surface area contributed by atoms with E-state index in [1.165, 1.54) is 19.5 Å². The zero-order valence-corrected chi connectivity index (χ0v) is 16.6. The van der Waals surface area contributed by atoms with Crippen LogP contribution in [0.15, 0.2) is 36.1 Å². The molecule has 164 valence electrons. The number of halogens is 2. The largest absolute Gasteiger partial charge is 0.481 e. The van der Waals surface area contributed by atoms with Gasteiger partial charge in [0.15, 0.2) is 0 Å². The number of anilines is 1. The average Bonchev–Trinajstić information content (AvgIpc) is 3.15. The number of alkyl halides is 2. The van der Waals surface area contributed by atoms with Gasteiger partial charge in [0, 0.05) is 25.6 Å². The normalized spacial score (nSPS) is 27.4. The highest BCUT2D eigenvalue weighted by Gasteiger charge is 2.58. The minimum absolute atomic E-state index is 0.0991. The van der Waals surface area contributed by atoms with Gasteiger partial charge in [-0.05, 0) is 12.5 Å². The van der Waals surface area contributed by atoms with Crippen LogP contribution in [-0.2, 0) is 4.79 Å². The van der Waals surface area contributed by atoms with Crippen molar-refractivity contribution in [3.05, 3.63) is 36.1 Å². The highest BCUT2D eigenvalue weighted by Crippen LogP contribution is 2.41. The summed E-state index contributed by atoms with van der Waals surface area (Å²) in [7, 11) is 1.46. The lowest BCUT2D eigenvalue weighted by molar-refractivity contribution is -0.122. The minimum atomic E-state index is -2.85. The van der Waals surface area contributed by atoms with E-state index in [1.54, 1.807) is 17.1 Å². The fraction of sp³-hybridized carbons (Fsp3) is 0.474. The Bertz CT molecular complexity index is 998. The number of dihydropyridines is 1. The molecule has 4 aliphatic rings. The van der Waals surface area contributed by atoms with Crippen molar-refractivity contribution in [2.45, 2.75) is 36.9 Å². The lowest BCUT2D eigenvalue weighted by atomic mass is 10.1. The molecule has 2 unspecified atom stereocenters. The number of fused-ring (bicyclic) bond motifs is 3. The molecule has 1 aromatic rings. The molecule has 1 saturated carbocycles. The molecular weight excluding hydrogens is 412 g/mol. The van der Waals surface area contributed by atoms with E-state index < -0.39 is 29.9 Å². The molecule has 1 aliphatic carbocycles. The van der Waals surface area contributed by atoms with Gasteiger partial charge in [-0.25, -0.2) is 23.5 Å². The SMILES string of the molecule is COc1cc(NC(=O)N2C3=C(C=CC(C(=O)NC4CC4(F)F)N3)N3CC[C@H]2C3)ncn1. The summed E-state index contributed by atoms with van der Waals surface area (Å²) in [4.78, 5) is 37.3. The molecule has 12 heteroatoms. The molecule has 1 aromatic heterocycles. The summed E-state index contributed by atoms with van der Waals surface area (Å²) >= 11 is 0. The van der Waals surface area contributed by atoms with Gasteiger partial charge in [-0.3, -0.25) is 15.0 Å². The number of ether oxygens (including phenoxy) is 1. The highest BCUT2D eigenvalue weighted by atomic mass is 19.3. The van der Waals surface area contributed by atoms with E-state index in [0.717, 1.165) is 18.7 Å². The Morgan fingerprint density at radius 3 is 2.90 bits per heavy atom. The Hall–Kier alpha value is -3.44. The lowest BCUT2D eigenvalue weighted by Gasteiger charge is -2.40. The first-order valence-electron chi connectivity index (χ1n) is 9.94. The first-order valence-corrected chi connectivity index (χ1v) is 9.94. The Balaban J connectivity index is 1.35. The van der Waals surface area contributed by atoms with Crippen LogP contribution in [0.1, 0.15) is 12.8 Å². The van der Waals surface area contributed by atoms with Gasteiger partial charge in [0.05, 0.1) is 24.9 Å². The van der Waals surface area contributed by atoms with Crippen molar-refractivity contribution >= 4 is 17.8 Å². The van der Waals surface area contributed by atoms with Crippen LogP contribution in [-0.4, -0.2) is 76.0 Å². The fourth-order valence-corrected chi connectivity index (χ4v) is 4.08. The van der Waals surface area contributed by atoms with Gasteiger partial charge in [0.25, 0.3) is 5.92 Å². The predicted octanol–water partition coefficient (Wildman–Crippen LogP) is 0.628. The Kier molecular flexibility index (Phi) is 4.45. The van der Waals surface area contributed by atoms with Crippen molar-refractivity contribution in [3.8, 4) is 5.88 Å². The van der Waals surface area contributed by atoms with Gasteiger partial charge >= 0.3 is 6.03 Å². The van der Waals surface area contributed by atoms with Crippen molar-refractivity contribution in [2.75, 3.05) is 25.5 Å². The number of aromatic nitrogens is 2. The molecule has 10 nitrogen and oxygen atoms in total. The maximum Gasteiger partial charge on any atom is 0.328 e. The van der Waals surface area contributed by atoms with E-state index in [1.807, 2.05) is 0 Å². The summed E-state index contributed by atoms with van der Waals surface area (Å²) in [6, 6.07) is -1.01. The lowest BCUT2D eigenvalue weighted by Crippen LogP contribution is -2.56. The van der Waals surface area contributed by atoms with E-state index >= 15 is 0 Å². The molecule has 3 amide bonds. The second-order valence-electron chi connectivity index (χ2n) is 7.88. The molecule has 2 bridgehead atoms. The number of allylic oxidation sites excluding steroid dienone is 1. The molecular formula is C19H21F2N7O3. The Labute approximate surface area is 176 Å². The zero-order chi connectivity index (χ0) is 21.8. The van der Waals surface area contributed by atoms with E-state index in [9.17, 15) is 18.4 Å². The van der Waals surface area contributed by atoms with Gasteiger partial charge in [0.2, 0.25) is 11.8 Å². The summed E-state index contributed by atoms with van der Waals surface area (Å²) in [6.07, 6.45) is 5.07. The van der Waals surface area contributed by atoms with Gasteiger partial charge in [0.1, 0.15) is 24.0 Å². The summed E-state index contributed by atoms with van der Waals surface area (Å²) in [5, 5.41) is 8.15. The van der Waals surface area contributed by atoms with Gasteiger partial charge < -0.3 is 20.3 Å². The number of nitrogens with zero attached hydrogens (tertiary/aromatic N) is 4. The third-order valence-corrected chi connectivity index (χ3v) is 5.82. The summed E-state index contributed by atoms with van der Waals surface area (Å²) in [5.74, 6) is -2.35. The van der Waals surface area contributed by atoms with E-state index in [0.29, 0.717) is 18.2 Å². The van der Waals surface area contributed by atoms with E-state index in [4.69, 9.17) is 4.74 Å². The van der Waals surface area contributed by atoms with Crippen molar-refractivity contribution in [1.82, 2.24) is 30.4 Å². The number of hydrogen-bond acceptors (Lipinski definition) is 7. The molecule has 4 heterocycles. The molecule has 0 radical (unpaired) electrons. The average molecular weight is 433 g/mol. The molecule has 3 N–H and O–H groups in total. The zero-order valence-electron chi connectivity index (χ0n) is 16.6. The maximum absolute atomic E-state index is 13.2. The minimum Gasteiger partial charge on any atom is -0.481 e. The Morgan fingerprint density at radius 2 is 2.16 bits per heavy atom. The number of hydrogen-bond donors (Lipinski definition) is 3. The molecule has 0 aromatic carbocycles. The second-order valence-corrected chi connectivity index (χ2v) is 7.88. The van der Waals surface area contributed by atoms with Crippen LogP contribution < -0.4 is 20.7 Å². The molecule has 31 heavy (non-hydrogen) atoms. The maximum atomic E-state index is 13.2. The molecule has 1 saturated heterocycles. The van der Waals surface area contributed by atoms with Gasteiger partial charge in [-0.15, -0.1) is 0 Å². The van der Waals surface area contributed by atoms with Crippen molar-refractivity contribution < 1.29 is 23.1 Å². The van der Waals surface area contributed by atoms with Crippen LogP contribution in [0.3, 0.4) is 0 Å². The molecule has 0 spiro atoms. The molecule has 5 rings (SSSR count). The number of amides is 3. The summed E-state index contributed by atoms with van der Waals surface area (Å²) in [5.41, 5.74) is 0.782. The van der Waals surface area contributed by atoms with Crippen molar-refractivity contribution in [3.63, 3.8) is 0 Å². The topological polar surface area (TPSA) is 112 Å². The van der Waals surface area contributed by atoms with Crippen LogP contribution in [0.2, 0.25) is 0 Å². The van der Waals surface area contributed by atoms with E-state index in [2.05, 4.69) is 30.8 Å². The summed E-state index contributed by atoms with van der Waals surface area (Å²) < 4.78 is 31.4. The molecule has 3 atom stereocenters. The molecule has 3 aliphatic heterocycles. The van der Waals surface area contributed by atoms with Crippen LogP contribution in [0, 0.1) is 0 Å². The van der Waals surface area contributed by atoms with E-state index in [-0.39, 0.29) is 18.3 Å². The number of carbonyl (C=O) groups is 2. The number of rotatable bonds is 4. The fourth-order valence-electron chi connectivity index (χ4n) is 4.08. The van der Waals surface area contributed by atoms with Crippen molar-refractivity contribution in [1.29, 1.82) is 0 Å². The second kappa shape index (κ2) is 7.06. The van der Waals surface area contributed by atoms with Crippen LogP contribution in [0.4, 0.5) is 19.4 Å². The Morgan fingerprint density at radius 1 is 1.35 bits per heavy atom. The highest BCUT2D eigenvalue weighted by molar-refractivity contribution is 5.91. The quantitative estimate of drug-likeness (QED) is 0.639. The third-order valence-electron chi connectivity index (χ3n) is 5.82. The number of urea groups is 1. The monoisotopic (exact) mass is 433 g/mol. The standard InChI is InChI=1S/C19H21F2N7O3/c1-31-15-6-14(22-9-23-15)26-18(30)28-10-4-5-27(8-10)12-3-2-11(24-16(12)28)17(29)25-13-7-19(13,20)21/h2-3,6,9-11,13,24H,4-5,7-8H2,1H3,(H,25,29)(H,22,23,26,30)/t10-,11?,13?/m0/s1. The predicted molar refractivity (Wildman–Crippen MR) is 104 cm³/mol. The summed E-state index contributed by atoms with van der Waals surface area (Å²) in [6.45, 7) is 1.43. The van der Waals surface area contributed by atoms with Crippen molar-refractivity contribution in [2.24, 2.45) is 0 Å². The van der Waals surface area contributed by atoms with Crippen LogP contribution >= 0.6 is 0 Å². The first kappa shape index (κ1) is 19.5. The number of nitrogens with one attached hydrogen (secondary N) is 3. The van der Waals surface area contributed by atoms with Gasteiger partial charge in [-0.2, -0.15) is 0 Å². The van der Waals surface area contributed by atoms with Crippen LogP contribution in [0.5, 0.6) is 5.88 Å². The first-order chi connectivity index (χ1) is 14.9. The molecule has 2 fully saturated rings. The third kappa shape index (κ3) is 3.51. The number of methoxy groups -OCH3 is 1. The van der Waals surface area contributed by atoms with Gasteiger partial charge in [-0.1, -0.05) is 6.08 Å². The number of carbonyl (C=O) groups excluding carboxylic acids is 2. The smallest absolute Gasteiger partial charge is 0.328 e. The van der Waals surface area contributed by atoms with Crippen LogP contribution in [0.25, 0.3) is 0 Å².